The Hall–Kier alpha value is -0.0800. The Labute approximate surface area is 94.4 Å². The van der Waals surface area contributed by atoms with E-state index in [-0.39, 0.29) is 0 Å². The number of hydrogen-bond acceptors (Lipinski definition) is 0. The van der Waals surface area contributed by atoms with E-state index in [0.717, 1.165) is 12.0 Å². The molecule has 2 nitrogen and oxygen atoms in total. The molecular weight excluding hydrogens is 184 g/mol. The van der Waals surface area contributed by atoms with Gasteiger partial charge in [-0.2, -0.15) is 0 Å². The summed E-state index contributed by atoms with van der Waals surface area (Å²) in [5, 5.41) is 2.59. The first-order valence-electron chi connectivity index (χ1n) is 7.01. The van der Waals surface area contributed by atoms with Crippen molar-refractivity contribution in [2.45, 2.75) is 51.5 Å². The molecule has 88 valence electrons. The Morgan fingerprint density at radius 2 is 1.93 bits per heavy atom. The van der Waals surface area contributed by atoms with Crippen molar-refractivity contribution in [3.05, 3.63) is 0 Å². The van der Waals surface area contributed by atoms with Crippen molar-refractivity contribution in [3.63, 3.8) is 0 Å². The van der Waals surface area contributed by atoms with Crippen molar-refractivity contribution in [1.29, 1.82) is 0 Å². The average Bonchev–Trinajstić information content (AvgIpc) is 2.30. The summed E-state index contributed by atoms with van der Waals surface area (Å²) in [6, 6.07) is 0.964. The van der Waals surface area contributed by atoms with Crippen molar-refractivity contribution in [2.75, 3.05) is 26.2 Å². The molecule has 0 unspecified atom stereocenters. The van der Waals surface area contributed by atoms with Crippen LogP contribution in [0.5, 0.6) is 0 Å². The Bertz CT molecular complexity index is 167. The molecule has 15 heavy (non-hydrogen) atoms. The number of likely N-dealkylation sites (tertiary alicyclic amines) is 1. The predicted molar refractivity (Wildman–Crippen MR) is 63.0 cm³/mol. The molecule has 0 bridgehead atoms. The maximum Gasteiger partial charge on any atom is 0.0913 e. The van der Waals surface area contributed by atoms with E-state index in [2.05, 4.69) is 12.2 Å². The second kappa shape index (κ2) is 5.86. The fourth-order valence-corrected chi connectivity index (χ4v) is 3.09. The molecule has 1 atom stereocenters. The van der Waals surface area contributed by atoms with Gasteiger partial charge in [-0.05, 0) is 38.0 Å². The fourth-order valence-electron chi connectivity index (χ4n) is 3.09. The van der Waals surface area contributed by atoms with Crippen LogP contribution in [-0.4, -0.2) is 32.2 Å². The lowest BCUT2D eigenvalue weighted by atomic mass is 9.98. The van der Waals surface area contributed by atoms with Crippen LogP contribution in [0.1, 0.15) is 45.4 Å². The standard InChI is InChI=1S/C13H26N2/c1-12-5-9-15(10-6-12)11-7-13-4-2-3-8-14-13/h12-14H,2-11H2,1H3/p+2/t13-/m1/s1. The number of rotatable bonds is 3. The predicted octanol–water partition coefficient (Wildman–Crippen LogP) is -0.193. The van der Waals surface area contributed by atoms with Crippen molar-refractivity contribution in [3.8, 4) is 0 Å². The number of hydrogen-bond donors (Lipinski definition) is 2. The van der Waals surface area contributed by atoms with Gasteiger partial charge in [-0.15, -0.1) is 0 Å². The summed E-state index contributed by atoms with van der Waals surface area (Å²) in [5.41, 5.74) is 0. The molecule has 2 heterocycles. The SMILES string of the molecule is CC1CC[NH+](CC[C@H]2CCCC[NH2+]2)CC1. The molecule has 0 aliphatic carbocycles. The van der Waals surface area contributed by atoms with Crippen LogP contribution in [0.2, 0.25) is 0 Å². The van der Waals surface area contributed by atoms with Crippen molar-refractivity contribution in [2.24, 2.45) is 5.92 Å². The van der Waals surface area contributed by atoms with Crippen LogP contribution in [0.25, 0.3) is 0 Å². The molecule has 2 aliphatic rings. The molecule has 0 radical (unpaired) electrons. The zero-order valence-corrected chi connectivity index (χ0v) is 10.3. The summed E-state index contributed by atoms with van der Waals surface area (Å²) >= 11 is 0. The fraction of sp³-hybridized carbons (Fsp3) is 1.00. The van der Waals surface area contributed by atoms with E-state index in [1.165, 1.54) is 64.7 Å². The van der Waals surface area contributed by atoms with Gasteiger partial charge in [-0.25, -0.2) is 0 Å². The lowest BCUT2D eigenvalue weighted by Gasteiger charge is -2.28. The molecule has 2 aliphatic heterocycles. The minimum Gasteiger partial charge on any atom is -0.344 e. The molecule has 0 aromatic rings. The van der Waals surface area contributed by atoms with Crippen LogP contribution in [0.15, 0.2) is 0 Å². The summed E-state index contributed by atoms with van der Waals surface area (Å²) in [5.74, 6) is 0.995. The molecular formula is C13H28N2+2. The summed E-state index contributed by atoms with van der Waals surface area (Å²) in [4.78, 5) is 1.88. The van der Waals surface area contributed by atoms with E-state index in [1.54, 1.807) is 0 Å². The van der Waals surface area contributed by atoms with Crippen LogP contribution in [0, 0.1) is 5.92 Å². The zero-order valence-electron chi connectivity index (χ0n) is 10.3. The van der Waals surface area contributed by atoms with E-state index in [0.29, 0.717) is 0 Å². The van der Waals surface area contributed by atoms with E-state index >= 15 is 0 Å². The molecule has 0 spiro atoms. The Morgan fingerprint density at radius 3 is 2.60 bits per heavy atom. The lowest BCUT2D eigenvalue weighted by molar-refractivity contribution is -0.908. The first kappa shape index (κ1) is 11.4. The molecule has 0 amide bonds. The van der Waals surface area contributed by atoms with Gasteiger partial charge in [0.1, 0.15) is 0 Å². The zero-order chi connectivity index (χ0) is 10.5. The maximum atomic E-state index is 2.59. The molecule has 0 aromatic heterocycles. The van der Waals surface area contributed by atoms with E-state index in [1.807, 2.05) is 4.90 Å². The first-order valence-corrected chi connectivity index (χ1v) is 7.01. The van der Waals surface area contributed by atoms with Crippen LogP contribution < -0.4 is 10.2 Å². The summed E-state index contributed by atoms with van der Waals surface area (Å²) in [7, 11) is 0. The Balaban J connectivity index is 1.60. The average molecular weight is 212 g/mol. The van der Waals surface area contributed by atoms with Gasteiger partial charge in [-0.1, -0.05) is 6.92 Å². The quantitative estimate of drug-likeness (QED) is 0.647. The van der Waals surface area contributed by atoms with Gasteiger partial charge < -0.3 is 10.2 Å². The van der Waals surface area contributed by atoms with Gasteiger partial charge >= 0.3 is 0 Å². The monoisotopic (exact) mass is 212 g/mol. The second-order valence-electron chi connectivity index (χ2n) is 5.75. The van der Waals surface area contributed by atoms with Crippen molar-refractivity contribution in [1.82, 2.24) is 0 Å². The molecule has 2 heteroatoms. The van der Waals surface area contributed by atoms with Gasteiger partial charge in [0.15, 0.2) is 0 Å². The van der Waals surface area contributed by atoms with E-state index in [9.17, 15) is 0 Å². The van der Waals surface area contributed by atoms with E-state index < -0.39 is 0 Å². The van der Waals surface area contributed by atoms with E-state index in [4.69, 9.17) is 0 Å². The smallest absolute Gasteiger partial charge is 0.0913 e. The normalized spacial score (nSPS) is 37.8. The minimum absolute atomic E-state index is 0.964. The lowest BCUT2D eigenvalue weighted by Crippen LogP contribution is -3.13. The van der Waals surface area contributed by atoms with Gasteiger partial charge in [0, 0.05) is 6.42 Å². The third kappa shape index (κ3) is 3.76. The highest BCUT2D eigenvalue weighted by molar-refractivity contribution is 4.60. The van der Waals surface area contributed by atoms with Gasteiger partial charge in [0.05, 0.1) is 32.2 Å². The van der Waals surface area contributed by atoms with Crippen LogP contribution in [0.3, 0.4) is 0 Å². The first-order chi connectivity index (χ1) is 7.34. The molecule has 2 rings (SSSR count). The molecule has 0 aromatic carbocycles. The number of nitrogens with one attached hydrogen (secondary N) is 1. The third-order valence-electron chi connectivity index (χ3n) is 4.38. The maximum absolute atomic E-state index is 2.59. The van der Waals surface area contributed by atoms with Gasteiger partial charge in [0.2, 0.25) is 0 Å². The molecule has 2 fully saturated rings. The van der Waals surface area contributed by atoms with Crippen LogP contribution >= 0.6 is 0 Å². The second-order valence-corrected chi connectivity index (χ2v) is 5.75. The molecule has 0 saturated carbocycles. The van der Waals surface area contributed by atoms with Crippen LogP contribution in [-0.2, 0) is 0 Å². The Kier molecular flexibility index (Phi) is 4.45. The highest BCUT2D eigenvalue weighted by Gasteiger charge is 2.22. The summed E-state index contributed by atoms with van der Waals surface area (Å²) < 4.78 is 0. The topological polar surface area (TPSA) is 21.1 Å². The minimum atomic E-state index is 0.964. The van der Waals surface area contributed by atoms with Crippen LogP contribution in [0.4, 0.5) is 0 Å². The summed E-state index contributed by atoms with van der Waals surface area (Å²) in [6.45, 7) is 8.11. The summed E-state index contributed by atoms with van der Waals surface area (Å²) in [6.07, 6.45) is 8.79. The highest BCUT2D eigenvalue weighted by atomic mass is 15.1. The van der Waals surface area contributed by atoms with Gasteiger partial charge in [0.25, 0.3) is 0 Å². The van der Waals surface area contributed by atoms with Crippen molar-refractivity contribution >= 4 is 0 Å². The molecule has 3 N–H and O–H groups in total. The number of piperidine rings is 2. The van der Waals surface area contributed by atoms with Gasteiger partial charge in [-0.3, -0.25) is 0 Å². The number of quaternary nitrogens is 2. The Morgan fingerprint density at radius 1 is 1.13 bits per heavy atom. The van der Waals surface area contributed by atoms with Crippen molar-refractivity contribution < 1.29 is 10.2 Å². The highest BCUT2D eigenvalue weighted by Crippen LogP contribution is 2.07. The number of nitrogens with two attached hydrogens (primary N) is 1. The molecule has 2 saturated heterocycles. The largest absolute Gasteiger partial charge is 0.344 e. The third-order valence-corrected chi connectivity index (χ3v) is 4.38.